The standard InChI is InChI=1S/C14H15FN2O2S/c1-3-11-12(13(18)19)20-14(16-11)17(2)8-9-4-6-10(15)7-5-9/h4-7H,3,8H2,1-2H3,(H,18,19). The highest BCUT2D eigenvalue weighted by molar-refractivity contribution is 7.17. The number of carbonyl (C=O) groups is 1. The van der Waals surface area contributed by atoms with E-state index in [4.69, 9.17) is 5.11 Å². The number of carboxylic acid groups (broad SMARTS) is 1. The van der Waals surface area contributed by atoms with E-state index in [9.17, 15) is 9.18 Å². The summed E-state index contributed by atoms with van der Waals surface area (Å²) in [6.07, 6.45) is 0.586. The number of carboxylic acids is 1. The quantitative estimate of drug-likeness (QED) is 0.920. The first-order chi connectivity index (χ1) is 9.51. The number of aromatic carboxylic acids is 1. The molecule has 0 aliphatic rings. The number of rotatable bonds is 5. The van der Waals surface area contributed by atoms with Gasteiger partial charge in [0.05, 0.1) is 5.69 Å². The fourth-order valence-corrected chi connectivity index (χ4v) is 2.79. The number of aromatic nitrogens is 1. The minimum Gasteiger partial charge on any atom is -0.477 e. The van der Waals surface area contributed by atoms with Gasteiger partial charge in [-0.25, -0.2) is 14.2 Å². The maximum atomic E-state index is 12.8. The summed E-state index contributed by atoms with van der Waals surface area (Å²) in [5, 5.41) is 9.78. The number of halogens is 1. The summed E-state index contributed by atoms with van der Waals surface area (Å²) in [4.78, 5) is 17.6. The summed E-state index contributed by atoms with van der Waals surface area (Å²) >= 11 is 1.16. The number of nitrogens with zero attached hydrogens (tertiary/aromatic N) is 2. The highest BCUT2D eigenvalue weighted by atomic mass is 32.1. The topological polar surface area (TPSA) is 53.4 Å². The van der Waals surface area contributed by atoms with Gasteiger partial charge in [-0.1, -0.05) is 30.4 Å². The first-order valence-corrected chi connectivity index (χ1v) is 7.01. The van der Waals surface area contributed by atoms with E-state index in [-0.39, 0.29) is 10.7 Å². The maximum Gasteiger partial charge on any atom is 0.347 e. The van der Waals surface area contributed by atoms with Crippen molar-refractivity contribution in [3.8, 4) is 0 Å². The number of hydrogen-bond acceptors (Lipinski definition) is 4. The third-order valence-corrected chi connectivity index (χ3v) is 4.07. The SMILES string of the molecule is CCc1nc(N(C)Cc2ccc(F)cc2)sc1C(=O)O. The van der Waals surface area contributed by atoms with Gasteiger partial charge >= 0.3 is 5.97 Å². The predicted molar refractivity (Wildman–Crippen MR) is 77.0 cm³/mol. The molecule has 0 fully saturated rings. The van der Waals surface area contributed by atoms with Crippen LogP contribution in [0.1, 0.15) is 27.9 Å². The van der Waals surface area contributed by atoms with Crippen molar-refractivity contribution >= 4 is 22.4 Å². The zero-order valence-corrected chi connectivity index (χ0v) is 12.1. The van der Waals surface area contributed by atoms with Gasteiger partial charge in [-0.15, -0.1) is 0 Å². The molecule has 1 aromatic heterocycles. The molecule has 0 spiro atoms. The highest BCUT2D eigenvalue weighted by Gasteiger charge is 2.18. The fraction of sp³-hybridized carbons (Fsp3) is 0.286. The van der Waals surface area contributed by atoms with E-state index in [0.29, 0.717) is 23.8 Å². The molecule has 0 aliphatic heterocycles. The molecule has 0 radical (unpaired) electrons. The molecule has 0 saturated heterocycles. The average Bonchev–Trinajstić information content (AvgIpc) is 2.86. The monoisotopic (exact) mass is 294 g/mol. The number of benzene rings is 1. The van der Waals surface area contributed by atoms with Crippen molar-refractivity contribution in [2.24, 2.45) is 0 Å². The van der Waals surface area contributed by atoms with Crippen molar-refractivity contribution in [3.05, 3.63) is 46.2 Å². The van der Waals surface area contributed by atoms with Crippen molar-refractivity contribution in [1.29, 1.82) is 0 Å². The Balaban J connectivity index is 2.18. The molecule has 1 aromatic carbocycles. The van der Waals surface area contributed by atoms with Crippen LogP contribution in [0.2, 0.25) is 0 Å². The van der Waals surface area contributed by atoms with Crippen molar-refractivity contribution in [3.63, 3.8) is 0 Å². The van der Waals surface area contributed by atoms with Gasteiger partial charge in [-0.3, -0.25) is 0 Å². The van der Waals surface area contributed by atoms with E-state index >= 15 is 0 Å². The second-order valence-electron chi connectivity index (χ2n) is 4.41. The van der Waals surface area contributed by atoms with Crippen LogP contribution in [0, 0.1) is 5.82 Å². The van der Waals surface area contributed by atoms with Gasteiger partial charge in [0.1, 0.15) is 10.7 Å². The minimum absolute atomic E-state index is 0.271. The number of aryl methyl sites for hydroxylation is 1. The van der Waals surface area contributed by atoms with Gasteiger partial charge in [0.2, 0.25) is 0 Å². The zero-order valence-electron chi connectivity index (χ0n) is 11.3. The Labute approximate surface area is 120 Å². The number of thiazole rings is 1. The van der Waals surface area contributed by atoms with Crippen molar-refractivity contribution in [2.75, 3.05) is 11.9 Å². The summed E-state index contributed by atoms with van der Waals surface area (Å²) in [6.45, 7) is 2.43. The summed E-state index contributed by atoms with van der Waals surface area (Å²) in [5.74, 6) is -1.21. The lowest BCUT2D eigenvalue weighted by molar-refractivity contribution is 0.0701. The molecule has 4 nitrogen and oxygen atoms in total. The van der Waals surface area contributed by atoms with Crippen LogP contribution in [0.25, 0.3) is 0 Å². The van der Waals surface area contributed by atoms with Crippen molar-refractivity contribution < 1.29 is 14.3 Å². The second kappa shape index (κ2) is 6.00. The smallest absolute Gasteiger partial charge is 0.347 e. The van der Waals surface area contributed by atoms with E-state index in [2.05, 4.69) is 4.98 Å². The summed E-state index contributed by atoms with van der Waals surface area (Å²) in [5.41, 5.74) is 1.54. The molecule has 2 rings (SSSR count). The first kappa shape index (κ1) is 14.5. The molecule has 0 saturated carbocycles. The lowest BCUT2D eigenvalue weighted by atomic mass is 10.2. The van der Waals surface area contributed by atoms with Crippen LogP contribution in [0.15, 0.2) is 24.3 Å². The Kier molecular flexibility index (Phi) is 4.34. The molecule has 0 amide bonds. The molecule has 2 aromatic rings. The van der Waals surface area contributed by atoms with E-state index in [1.165, 1.54) is 12.1 Å². The summed E-state index contributed by atoms with van der Waals surface area (Å²) < 4.78 is 12.8. The normalized spacial score (nSPS) is 10.6. The van der Waals surface area contributed by atoms with Crippen molar-refractivity contribution in [2.45, 2.75) is 19.9 Å². The van der Waals surface area contributed by atoms with E-state index < -0.39 is 5.97 Å². The van der Waals surface area contributed by atoms with E-state index in [1.54, 1.807) is 12.1 Å². The summed E-state index contributed by atoms with van der Waals surface area (Å²) in [7, 11) is 1.84. The molecule has 6 heteroatoms. The molecular formula is C14H15FN2O2S. The van der Waals surface area contributed by atoms with E-state index in [1.807, 2.05) is 18.9 Å². The van der Waals surface area contributed by atoms with E-state index in [0.717, 1.165) is 16.9 Å². The molecule has 1 heterocycles. The molecule has 1 N–H and O–H groups in total. The zero-order chi connectivity index (χ0) is 14.7. The Morgan fingerprint density at radius 3 is 2.55 bits per heavy atom. The Bertz CT molecular complexity index is 610. The van der Waals surface area contributed by atoms with Gasteiger partial charge in [0.25, 0.3) is 0 Å². The molecular weight excluding hydrogens is 279 g/mol. The van der Waals surface area contributed by atoms with Crippen LogP contribution in [-0.4, -0.2) is 23.1 Å². The van der Waals surface area contributed by atoms with Gasteiger partial charge in [0, 0.05) is 13.6 Å². The van der Waals surface area contributed by atoms with Gasteiger partial charge in [0.15, 0.2) is 5.13 Å². The van der Waals surface area contributed by atoms with Crippen LogP contribution in [-0.2, 0) is 13.0 Å². The molecule has 0 unspecified atom stereocenters. The second-order valence-corrected chi connectivity index (χ2v) is 5.39. The predicted octanol–water partition coefficient (Wildman–Crippen LogP) is 3.18. The Morgan fingerprint density at radius 2 is 2.05 bits per heavy atom. The maximum absolute atomic E-state index is 12.8. The molecule has 20 heavy (non-hydrogen) atoms. The van der Waals surface area contributed by atoms with Crippen LogP contribution < -0.4 is 4.90 Å². The van der Waals surface area contributed by atoms with Crippen LogP contribution in [0.3, 0.4) is 0 Å². The third-order valence-electron chi connectivity index (χ3n) is 2.87. The molecule has 0 bridgehead atoms. The van der Waals surface area contributed by atoms with Gasteiger partial charge in [-0.2, -0.15) is 0 Å². The fourth-order valence-electron chi connectivity index (χ4n) is 1.84. The Hall–Kier alpha value is -1.95. The minimum atomic E-state index is -0.944. The van der Waals surface area contributed by atoms with Crippen molar-refractivity contribution in [1.82, 2.24) is 4.98 Å². The van der Waals surface area contributed by atoms with Gasteiger partial charge in [-0.05, 0) is 24.1 Å². The largest absolute Gasteiger partial charge is 0.477 e. The first-order valence-electron chi connectivity index (χ1n) is 6.19. The van der Waals surface area contributed by atoms with Crippen LogP contribution >= 0.6 is 11.3 Å². The summed E-state index contributed by atoms with van der Waals surface area (Å²) in [6, 6.07) is 6.23. The average molecular weight is 294 g/mol. The number of anilines is 1. The lowest BCUT2D eigenvalue weighted by Gasteiger charge is -2.15. The van der Waals surface area contributed by atoms with Gasteiger partial charge < -0.3 is 10.0 Å². The lowest BCUT2D eigenvalue weighted by Crippen LogP contribution is -2.16. The number of hydrogen-bond donors (Lipinski definition) is 1. The molecule has 0 aliphatic carbocycles. The van der Waals surface area contributed by atoms with Crippen LogP contribution in [0.4, 0.5) is 9.52 Å². The molecule has 106 valence electrons. The third kappa shape index (κ3) is 3.14. The highest BCUT2D eigenvalue weighted by Crippen LogP contribution is 2.27. The molecule has 0 atom stereocenters. The van der Waals surface area contributed by atoms with Crippen LogP contribution in [0.5, 0.6) is 0 Å². The Morgan fingerprint density at radius 1 is 1.40 bits per heavy atom.